The molecule has 6 nitrogen and oxygen atoms in total. The van der Waals surface area contributed by atoms with E-state index in [2.05, 4.69) is 17.3 Å². The quantitative estimate of drug-likeness (QED) is 0.614. The molecule has 0 heterocycles. The third-order valence-electron chi connectivity index (χ3n) is 4.71. The van der Waals surface area contributed by atoms with E-state index in [4.69, 9.17) is 9.47 Å². The van der Waals surface area contributed by atoms with Gasteiger partial charge in [0.2, 0.25) is 0 Å². The number of hydrogen-bond donors (Lipinski definition) is 2. The number of phenols is 1. The van der Waals surface area contributed by atoms with Crippen molar-refractivity contribution in [3.05, 3.63) is 53.1 Å². The van der Waals surface area contributed by atoms with Crippen molar-refractivity contribution < 1.29 is 19.4 Å². The van der Waals surface area contributed by atoms with E-state index in [1.165, 1.54) is 5.56 Å². The summed E-state index contributed by atoms with van der Waals surface area (Å²) in [4.78, 5) is 14.4. The third kappa shape index (κ3) is 5.89. The van der Waals surface area contributed by atoms with Crippen LogP contribution in [0.5, 0.6) is 17.2 Å². The molecule has 0 spiro atoms. The lowest BCUT2D eigenvalue weighted by molar-refractivity contribution is 0.0949. The number of carbonyl (C=O) groups excluding carboxylic acids is 1. The number of rotatable bonds is 10. The first-order chi connectivity index (χ1) is 13.5. The number of phenolic OH excluding ortho intramolecular Hbond substituents is 1. The van der Waals surface area contributed by atoms with Gasteiger partial charge in [-0.3, -0.25) is 4.79 Å². The van der Waals surface area contributed by atoms with Gasteiger partial charge in [0.15, 0.2) is 11.5 Å². The predicted molar refractivity (Wildman–Crippen MR) is 111 cm³/mol. The van der Waals surface area contributed by atoms with Crippen molar-refractivity contribution >= 4 is 5.91 Å². The highest BCUT2D eigenvalue weighted by Gasteiger charge is 2.12. The summed E-state index contributed by atoms with van der Waals surface area (Å²) in [6.07, 6.45) is 1.74. The van der Waals surface area contributed by atoms with Crippen LogP contribution in [-0.2, 0) is 6.42 Å². The summed E-state index contributed by atoms with van der Waals surface area (Å²) in [7, 11) is 5.33. The lowest BCUT2D eigenvalue weighted by Gasteiger charge is -2.17. The third-order valence-corrected chi connectivity index (χ3v) is 4.71. The molecule has 0 saturated carbocycles. The number of nitrogens with zero attached hydrogens (tertiary/aromatic N) is 1. The minimum atomic E-state index is -0.241. The van der Waals surface area contributed by atoms with Crippen LogP contribution >= 0.6 is 0 Å². The molecule has 0 saturated heterocycles. The summed E-state index contributed by atoms with van der Waals surface area (Å²) in [5.41, 5.74) is 2.21. The number of aromatic hydroxyl groups is 1. The Morgan fingerprint density at radius 3 is 2.57 bits per heavy atom. The number of methoxy groups -OCH3 is 2. The van der Waals surface area contributed by atoms with Crippen molar-refractivity contribution in [3.63, 3.8) is 0 Å². The summed E-state index contributed by atoms with van der Waals surface area (Å²) < 4.78 is 10.6. The van der Waals surface area contributed by atoms with Gasteiger partial charge < -0.3 is 24.8 Å². The number of para-hydroxylation sites is 1. The smallest absolute Gasteiger partial charge is 0.255 e. The van der Waals surface area contributed by atoms with Gasteiger partial charge in [-0.15, -0.1) is 0 Å². The Morgan fingerprint density at radius 1 is 1.11 bits per heavy atom. The molecule has 28 heavy (non-hydrogen) atoms. The van der Waals surface area contributed by atoms with Crippen LogP contribution in [0, 0.1) is 6.92 Å². The van der Waals surface area contributed by atoms with Crippen molar-refractivity contribution in [1.29, 1.82) is 0 Å². The molecule has 0 unspecified atom stereocenters. The highest BCUT2D eigenvalue weighted by molar-refractivity contribution is 5.97. The van der Waals surface area contributed by atoms with Crippen molar-refractivity contribution in [2.75, 3.05) is 40.9 Å². The number of likely N-dealkylation sites (N-methyl/N-ethyl adjacent to an activating group) is 1. The molecule has 0 radical (unpaired) electrons. The van der Waals surface area contributed by atoms with E-state index in [-0.39, 0.29) is 11.7 Å². The van der Waals surface area contributed by atoms with Gasteiger partial charge in [-0.25, -0.2) is 0 Å². The Balaban J connectivity index is 1.72. The zero-order chi connectivity index (χ0) is 20.5. The van der Waals surface area contributed by atoms with Gasteiger partial charge in [0.1, 0.15) is 5.75 Å². The number of benzene rings is 2. The number of hydrogen-bond acceptors (Lipinski definition) is 5. The SMILES string of the molecule is COc1ccc(CCN(C)CCCNC(=O)c2cccc(C)c2O)cc1OC. The lowest BCUT2D eigenvalue weighted by atomic mass is 10.1. The number of amides is 1. The number of aryl methyl sites for hydroxylation is 1. The van der Waals surface area contributed by atoms with Gasteiger partial charge in [-0.2, -0.15) is 0 Å². The molecule has 0 aliphatic rings. The molecular weight excluding hydrogens is 356 g/mol. The van der Waals surface area contributed by atoms with E-state index in [0.717, 1.165) is 37.4 Å². The Morgan fingerprint density at radius 2 is 1.86 bits per heavy atom. The van der Waals surface area contributed by atoms with E-state index in [1.807, 2.05) is 18.2 Å². The van der Waals surface area contributed by atoms with Gasteiger partial charge in [0.05, 0.1) is 19.8 Å². The van der Waals surface area contributed by atoms with Crippen LogP contribution in [0.4, 0.5) is 0 Å². The fourth-order valence-electron chi connectivity index (χ4n) is 2.96. The summed E-state index contributed by atoms with van der Waals surface area (Å²) in [6, 6.07) is 11.1. The summed E-state index contributed by atoms with van der Waals surface area (Å²) in [6.45, 7) is 4.11. The van der Waals surface area contributed by atoms with E-state index in [0.29, 0.717) is 17.7 Å². The fourth-order valence-corrected chi connectivity index (χ4v) is 2.96. The average Bonchev–Trinajstić information content (AvgIpc) is 2.71. The molecule has 6 heteroatoms. The molecule has 0 aliphatic carbocycles. The van der Waals surface area contributed by atoms with E-state index >= 15 is 0 Å². The Hall–Kier alpha value is -2.73. The standard InChI is InChI=1S/C22H30N2O4/c1-16-7-5-8-18(21(16)25)22(26)23-12-6-13-24(2)14-11-17-9-10-19(27-3)20(15-17)28-4/h5,7-10,15,25H,6,11-14H2,1-4H3,(H,23,26). The first-order valence-electron chi connectivity index (χ1n) is 9.42. The number of carbonyl (C=O) groups is 1. The highest BCUT2D eigenvalue weighted by atomic mass is 16.5. The zero-order valence-corrected chi connectivity index (χ0v) is 17.1. The molecule has 0 aromatic heterocycles. The summed E-state index contributed by atoms with van der Waals surface area (Å²) >= 11 is 0. The van der Waals surface area contributed by atoms with E-state index in [9.17, 15) is 9.90 Å². The molecule has 0 atom stereocenters. The van der Waals surface area contributed by atoms with Crippen LogP contribution in [0.15, 0.2) is 36.4 Å². The van der Waals surface area contributed by atoms with Gasteiger partial charge in [-0.1, -0.05) is 18.2 Å². The molecule has 2 N–H and O–H groups in total. The highest BCUT2D eigenvalue weighted by Crippen LogP contribution is 2.27. The van der Waals surface area contributed by atoms with Gasteiger partial charge in [0.25, 0.3) is 5.91 Å². The summed E-state index contributed by atoms with van der Waals surface area (Å²) in [5, 5.41) is 12.8. The number of ether oxygens (including phenoxy) is 2. The van der Waals surface area contributed by atoms with Crippen molar-refractivity contribution in [2.45, 2.75) is 19.8 Å². The zero-order valence-electron chi connectivity index (χ0n) is 17.1. The Kier molecular flexibility index (Phi) is 8.14. The minimum Gasteiger partial charge on any atom is -0.507 e. The minimum absolute atomic E-state index is 0.0482. The second-order valence-electron chi connectivity index (χ2n) is 6.82. The van der Waals surface area contributed by atoms with E-state index in [1.54, 1.807) is 39.3 Å². The topological polar surface area (TPSA) is 71.0 Å². The van der Waals surface area contributed by atoms with Crippen molar-refractivity contribution in [1.82, 2.24) is 10.2 Å². The summed E-state index contributed by atoms with van der Waals surface area (Å²) in [5.74, 6) is 1.28. The van der Waals surface area contributed by atoms with Gasteiger partial charge in [-0.05, 0) is 62.7 Å². The van der Waals surface area contributed by atoms with Crippen molar-refractivity contribution in [2.24, 2.45) is 0 Å². The van der Waals surface area contributed by atoms with Crippen LogP contribution in [0.25, 0.3) is 0 Å². The molecule has 2 rings (SSSR count). The first-order valence-corrected chi connectivity index (χ1v) is 9.42. The Labute approximate surface area is 167 Å². The normalized spacial score (nSPS) is 10.8. The van der Waals surface area contributed by atoms with E-state index < -0.39 is 0 Å². The molecule has 1 amide bonds. The van der Waals surface area contributed by atoms with Crippen LogP contribution in [0.1, 0.15) is 27.9 Å². The fraction of sp³-hybridized carbons (Fsp3) is 0.409. The van der Waals surface area contributed by atoms with Crippen LogP contribution in [0.2, 0.25) is 0 Å². The second-order valence-corrected chi connectivity index (χ2v) is 6.82. The molecule has 2 aromatic carbocycles. The Bertz CT molecular complexity index is 792. The van der Waals surface area contributed by atoms with Crippen LogP contribution in [-0.4, -0.2) is 56.8 Å². The lowest BCUT2D eigenvalue weighted by Crippen LogP contribution is -2.29. The first kappa shape index (κ1) is 21.6. The molecule has 152 valence electrons. The average molecular weight is 386 g/mol. The molecular formula is C22H30N2O4. The largest absolute Gasteiger partial charge is 0.507 e. The molecule has 0 aliphatic heterocycles. The van der Waals surface area contributed by atoms with Crippen molar-refractivity contribution in [3.8, 4) is 17.2 Å². The monoisotopic (exact) mass is 386 g/mol. The number of nitrogens with one attached hydrogen (secondary N) is 1. The predicted octanol–water partition coefficient (Wildman–Crippen LogP) is 3.01. The maximum atomic E-state index is 12.2. The van der Waals surface area contributed by atoms with Gasteiger partial charge in [0, 0.05) is 13.1 Å². The van der Waals surface area contributed by atoms with Crippen LogP contribution in [0.3, 0.4) is 0 Å². The maximum Gasteiger partial charge on any atom is 0.255 e. The van der Waals surface area contributed by atoms with Crippen LogP contribution < -0.4 is 14.8 Å². The second kappa shape index (κ2) is 10.6. The molecule has 0 fully saturated rings. The van der Waals surface area contributed by atoms with Gasteiger partial charge >= 0.3 is 0 Å². The molecule has 0 bridgehead atoms. The maximum absolute atomic E-state index is 12.2. The molecule has 2 aromatic rings.